The molecular weight excluding hydrogens is 638 g/mol. The molecule has 1 aromatic rings. The monoisotopic (exact) mass is 691 g/mol. The molecule has 50 heavy (non-hydrogen) atoms. The van der Waals surface area contributed by atoms with Crippen molar-refractivity contribution in [3.63, 3.8) is 0 Å². The number of fused-ring (bicyclic) bond motifs is 1. The first-order valence-corrected chi connectivity index (χ1v) is 18.6. The van der Waals surface area contributed by atoms with Gasteiger partial charge in [-0.3, -0.25) is 29.0 Å². The number of nitrogens with zero attached hydrogens (tertiary/aromatic N) is 4. The molecule has 4 fully saturated rings. The van der Waals surface area contributed by atoms with Crippen LogP contribution in [0.5, 0.6) is 0 Å². The van der Waals surface area contributed by atoms with Crippen molar-refractivity contribution < 1.29 is 28.7 Å². The molecule has 2 aliphatic heterocycles. The predicted octanol–water partition coefficient (Wildman–Crippen LogP) is 2.87. The van der Waals surface area contributed by atoms with Crippen molar-refractivity contribution in [2.45, 2.75) is 134 Å². The number of aromatic nitrogens is 2. The largest absolute Gasteiger partial charge is 0.376 e. The van der Waals surface area contributed by atoms with E-state index in [2.05, 4.69) is 25.9 Å². The molecule has 0 bridgehead atoms. The average Bonchev–Trinajstić information content (AvgIpc) is 3.67. The van der Waals surface area contributed by atoms with Crippen molar-refractivity contribution >= 4 is 29.4 Å². The Morgan fingerprint density at radius 2 is 1.72 bits per heavy atom. The van der Waals surface area contributed by atoms with Gasteiger partial charge in [0.05, 0.1) is 29.6 Å². The first-order chi connectivity index (χ1) is 24.0. The quantitative estimate of drug-likeness (QED) is 0.249. The lowest BCUT2D eigenvalue weighted by Crippen LogP contribution is -2.64. The summed E-state index contributed by atoms with van der Waals surface area (Å²) in [5.74, 6) is -1.86. The van der Waals surface area contributed by atoms with Gasteiger partial charge < -0.3 is 30.5 Å². The van der Waals surface area contributed by atoms with Crippen LogP contribution in [0.3, 0.4) is 0 Å². The first kappa shape index (κ1) is 35.9. The van der Waals surface area contributed by atoms with Crippen molar-refractivity contribution in [3.8, 4) is 0 Å². The third-order valence-electron chi connectivity index (χ3n) is 11.6. The molecule has 13 nitrogen and oxygen atoms in total. The molecule has 1 aromatic heterocycles. The summed E-state index contributed by atoms with van der Waals surface area (Å²) >= 11 is 0. The highest BCUT2D eigenvalue weighted by Gasteiger charge is 2.53. The van der Waals surface area contributed by atoms with Crippen molar-refractivity contribution in [3.05, 3.63) is 36.2 Å². The number of hydrogen-bond donors (Lipinski definition) is 3. The van der Waals surface area contributed by atoms with E-state index in [4.69, 9.17) is 4.74 Å². The van der Waals surface area contributed by atoms with E-state index in [1.54, 1.807) is 23.1 Å². The number of amides is 4. The molecule has 3 unspecified atom stereocenters. The maximum absolute atomic E-state index is 14.8. The van der Waals surface area contributed by atoms with E-state index in [9.17, 15) is 24.0 Å². The molecule has 3 aliphatic carbocycles. The van der Waals surface area contributed by atoms with E-state index in [0.29, 0.717) is 19.4 Å². The summed E-state index contributed by atoms with van der Waals surface area (Å²) in [4.78, 5) is 80.2. The highest BCUT2D eigenvalue weighted by Crippen LogP contribution is 2.44. The Balaban J connectivity index is 1.25. The fourth-order valence-electron chi connectivity index (χ4n) is 8.46. The maximum Gasteiger partial charge on any atom is 0.289 e. The van der Waals surface area contributed by atoms with Crippen molar-refractivity contribution in [1.82, 2.24) is 35.7 Å². The number of ether oxygens (including phenoxy) is 1. The summed E-state index contributed by atoms with van der Waals surface area (Å²) in [6.45, 7) is 6.03. The SMILES string of the molecule is CCCC(NC(=O)[C@@H]1C2CCCC2CN1C(=O)[C@@H](NC1=CN(C(=O)c2cnccn2)[C@H]1C1CCCCC1)C(C)(C)OC)C(=O)C(=O)NC1CC1. The molecule has 6 rings (SSSR count). The zero-order valence-electron chi connectivity index (χ0n) is 29.9. The number of ketones is 1. The lowest BCUT2D eigenvalue weighted by molar-refractivity contribution is -0.147. The Morgan fingerprint density at radius 3 is 2.38 bits per heavy atom. The van der Waals surface area contributed by atoms with Crippen LogP contribution in [0.25, 0.3) is 0 Å². The first-order valence-electron chi connectivity index (χ1n) is 18.6. The molecule has 13 heteroatoms. The Bertz CT molecular complexity index is 1470. The van der Waals surface area contributed by atoms with Gasteiger partial charge in [0.2, 0.25) is 17.6 Å². The number of hydrogen-bond acceptors (Lipinski definition) is 9. The molecule has 6 atom stereocenters. The molecule has 0 spiro atoms. The summed E-state index contributed by atoms with van der Waals surface area (Å²) in [5, 5.41) is 9.18. The van der Waals surface area contributed by atoms with Crippen molar-refractivity contribution in [1.29, 1.82) is 0 Å². The van der Waals surface area contributed by atoms with E-state index < -0.39 is 41.3 Å². The molecule has 272 valence electrons. The normalized spacial score (nSPS) is 26.3. The van der Waals surface area contributed by atoms with Gasteiger partial charge in [-0.1, -0.05) is 39.0 Å². The third kappa shape index (κ3) is 7.43. The highest BCUT2D eigenvalue weighted by molar-refractivity contribution is 6.38. The Kier molecular flexibility index (Phi) is 10.9. The second-order valence-corrected chi connectivity index (χ2v) is 15.4. The molecule has 4 amide bonds. The predicted molar refractivity (Wildman–Crippen MR) is 184 cm³/mol. The lowest BCUT2D eigenvalue weighted by Gasteiger charge is -2.47. The highest BCUT2D eigenvalue weighted by atomic mass is 16.5. The smallest absolute Gasteiger partial charge is 0.289 e. The van der Waals surface area contributed by atoms with E-state index in [1.165, 1.54) is 18.6 Å². The Labute approximate surface area is 294 Å². The van der Waals surface area contributed by atoms with Crippen LogP contribution >= 0.6 is 0 Å². The van der Waals surface area contributed by atoms with Crippen molar-refractivity contribution in [2.75, 3.05) is 13.7 Å². The molecule has 3 heterocycles. The number of carbonyl (C=O) groups is 5. The summed E-state index contributed by atoms with van der Waals surface area (Å²) in [6.07, 6.45) is 16.8. The van der Waals surface area contributed by atoms with Crippen LogP contribution in [0.4, 0.5) is 0 Å². The van der Waals surface area contributed by atoms with Gasteiger partial charge in [0.1, 0.15) is 17.8 Å². The molecule has 3 N–H and O–H groups in total. The average molecular weight is 692 g/mol. The standard InChI is InChI=1S/C37H53N7O6/c1-5-10-26(31(45)34(47)40-24-15-16-24)42-33(46)30-25-14-9-13-23(25)20-43(30)36(49)32(37(2,3)50-4)41-28-21-44(29(28)22-11-7-6-8-12-22)35(48)27-19-38-17-18-39-27/h17-19,21-26,29-30,32,41H,5-16,20H2,1-4H3,(H,40,47)(H,42,46)/t23?,25?,26?,29-,30-,32+/m0/s1. The van der Waals surface area contributed by atoms with E-state index in [1.807, 2.05) is 20.8 Å². The van der Waals surface area contributed by atoms with Gasteiger partial charge in [-0.15, -0.1) is 0 Å². The summed E-state index contributed by atoms with van der Waals surface area (Å²) < 4.78 is 5.93. The van der Waals surface area contributed by atoms with Gasteiger partial charge in [-0.2, -0.15) is 0 Å². The van der Waals surface area contributed by atoms with E-state index in [-0.39, 0.29) is 47.3 Å². The van der Waals surface area contributed by atoms with Gasteiger partial charge in [0, 0.05) is 38.3 Å². The second-order valence-electron chi connectivity index (χ2n) is 15.4. The van der Waals surface area contributed by atoms with E-state index in [0.717, 1.165) is 69.9 Å². The second kappa shape index (κ2) is 15.2. The number of nitrogens with one attached hydrogen (secondary N) is 3. The van der Waals surface area contributed by atoms with Gasteiger partial charge in [0.15, 0.2) is 0 Å². The van der Waals surface area contributed by atoms with Gasteiger partial charge in [0.25, 0.3) is 11.8 Å². The van der Waals surface area contributed by atoms with Gasteiger partial charge in [-0.05, 0) is 76.5 Å². The number of rotatable bonds is 14. The minimum absolute atomic E-state index is 0.0286. The van der Waals surface area contributed by atoms with Crippen LogP contribution in [0.1, 0.15) is 108 Å². The summed E-state index contributed by atoms with van der Waals surface area (Å²) in [7, 11) is 1.57. The van der Waals surface area contributed by atoms with Crippen LogP contribution < -0.4 is 16.0 Å². The zero-order chi connectivity index (χ0) is 35.6. The van der Waals surface area contributed by atoms with Crippen LogP contribution in [0.15, 0.2) is 30.5 Å². The van der Waals surface area contributed by atoms with E-state index >= 15 is 0 Å². The molecule has 1 saturated heterocycles. The van der Waals surface area contributed by atoms with Gasteiger partial charge in [-0.25, -0.2) is 4.98 Å². The number of methoxy groups -OCH3 is 1. The Hall–Kier alpha value is -3.87. The van der Waals surface area contributed by atoms with Crippen molar-refractivity contribution in [2.24, 2.45) is 17.8 Å². The van der Waals surface area contributed by atoms with Gasteiger partial charge >= 0.3 is 0 Å². The van der Waals surface area contributed by atoms with Crippen LogP contribution in [-0.4, -0.2) is 98.6 Å². The van der Waals surface area contributed by atoms with Crippen LogP contribution in [-0.2, 0) is 23.9 Å². The third-order valence-corrected chi connectivity index (χ3v) is 11.6. The number of likely N-dealkylation sites (tertiary alicyclic amines) is 1. The zero-order valence-corrected chi connectivity index (χ0v) is 29.9. The lowest BCUT2D eigenvalue weighted by atomic mass is 9.79. The Morgan fingerprint density at radius 1 is 0.980 bits per heavy atom. The summed E-state index contributed by atoms with van der Waals surface area (Å²) in [5.41, 5.74) is 0.0640. The molecule has 0 radical (unpaired) electrons. The maximum atomic E-state index is 14.8. The van der Waals surface area contributed by atoms with Crippen LogP contribution in [0.2, 0.25) is 0 Å². The summed E-state index contributed by atoms with van der Waals surface area (Å²) in [6, 6.07) is -2.83. The molecule has 0 aromatic carbocycles. The topological polar surface area (TPSA) is 163 Å². The fraction of sp³-hybridized carbons (Fsp3) is 0.703. The van der Waals surface area contributed by atoms with Crippen LogP contribution in [0, 0.1) is 17.8 Å². The molecule has 3 saturated carbocycles. The molecule has 5 aliphatic rings. The number of Topliss-reactive ketones (excluding diaryl/α,β-unsaturated/α-hetero) is 1. The minimum Gasteiger partial charge on any atom is -0.376 e. The number of carbonyl (C=O) groups excluding carboxylic acids is 5. The fourth-order valence-corrected chi connectivity index (χ4v) is 8.46. The molecular formula is C37H53N7O6. The minimum atomic E-state index is -0.981.